The molecule has 1 aromatic heterocycles. The molecule has 0 bridgehead atoms. The Kier molecular flexibility index (Phi) is 4.70. The van der Waals surface area contributed by atoms with Crippen LogP contribution in [0.4, 0.5) is 0 Å². The highest BCUT2D eigenvalue weighted by atomic mass is 16.1. The highest BCUT2D eigenvalue weighted by Crippen LogP contribution is 2.13. The monoisotopic (exact) mass is 247 g/mol. The third-order valence-electron chi connectivity index (χ3n) is 3.49. The SMILES string of the molecule is Cc1cnccc1CNC(=O)CC1CCCNC1. The largest absolute Gasteiger partial charge is 0.352 e. The Morgan fingerprint density at radius 1 is 1.61 bits per heavy atom. The van der Waals surface area contributed by atoms with Crippen molar-refractivity contribution in [3.63, 3.8) is 0 Å². The van der Waals surface area contributed by atoms with E-state index in [4.69, 9.17) is 0 Å². The van der Waals surface area contributed by atoms with Crippen LogP contribution < -0.4 is 10.6 Å². The Bertz CT molecular complexity index is 400. The summed E-state index contributed by atoms with van der Waals surface area (Å²) in [6.07, 6.45) is 6.57. The Morgan fingerprint density at radius 3 is 3.22 bits per heavy atom. The summed E-state index contributed by atoms with van der Waals surface area (Å²) in [5.74, 6) is 0.650. The molecule has 0 spiro atoms. The fraction of sp³-hybridized carbons (Fsp3) is 0.571. The maximum absolute atomic E-state index is 11.8. The van der Waals surface area contributed by atoms with Crippen LogP contribution in [0.1, 0.15) is 30.4 Å². The number of rotatable bonds is 4. The van der Waals surface area contributed by atoms with Gasteiger partial charge < -0.3 is 10.6 Å². The first kappa shape index (κ1) is 13.0. The molecule has 0 aliphatic carbocycles. The Labute approximate surface area is 108 Å². The number of pyridine rings is 1. The number of aromatic nitrogens is 1. The van der Waals surface area contributed by atoms with Gasteiger partial charge in [0.05, 0.1) is 0 Å². The molecule has 2 N–H and O–H groups in total. The Balaban J connectivity index is 1.76. The molecule has 1 aliphatic rings. The van der Waals surface area contributed by atoms with Crippen LogP contribution >= 0.6 is 0 Å². The maximum Gasteiger partial charge on any atom is 0.220 e. The number of carbonyl (C=O) groups excluding carboxylic acids is 1. The standard InChI is InChI=1S/C14H21N3O/c1-11-8-16-6-4-13(11)10-17-14(18)7-12-3-2-5-15-9-12/h4,6,8,12,15H,2-3,5,7,9-10H2,1H3,(H,17,18). The molecule has 0 saturated carbocycles. The summed E-state index contributed by atoms with van der Waals surface area (Å²) < 4.78 is 0. The average Bonchev–Trinajstić information content (AvgIpc) is 2.39. The number of hydrogen-bond donors (Lipinski definition) is 2. The fourth-order valence-corrected chi connectivity index (χ4v) is 2.33. The van der Waals surface area contributed by atoms with E-state index in [1.807, 2.05) is 19.2 Å². The van der Waals surface area contributed by atoms with Crippen LogP contribution in [0, 0.1) is 12.8 Å². The van der Waals surface area contributed by atoms with Crippen molar-refractivity contribution in [2.75, 3.05) is 13.1 Å². The summed E-state index contributed by atoms with van der Waals surface area (Å²) >= 11 is 0. The second-order valence-corrected chi connectivity index (χ2v) is 5.00. The molecular weight excluding hydrogens is 226 g/mol. The first-order valence-corrected chi connectivity index (χ1v) is 6.62. The summed E-state index contributed by atoms with van der Waals surface area (Å²) in [5, 5.41) is 6.33. The number of aryl methyl sites for hydroxylation is 1. The highest BCUT2D eigenvalue weighted by Gasteiger charge is 2.16. The van der Waals surface area contributed by atoms with Crippen molar-refractivity contribution in [1.29, 1.82) is 0 Å². The summed E-state index contributed by atoms with van der Waals surface area (Å²) in [6.45, 7) is 4.68. The first-order chi connectivity index (χ1) is 8.75. The highest BCUT2D eigenvalue weighted by molar-refractivity contribution is 5.76. The van der Waals surface area contributed by atoms with E-state index < -0.39 is 0 Å². The lowest BCUT2D eigenvalue weighted by molar-refractivity contribution is -0.122. The molecule has 1 saturated heterocycles. The van der Waals surface area contributed by atoms with Gasteiger partial charge in [-0.3, -0.25) is 9.78 Å². The number of hydrogen-bond acceptors (Lipinski definition) is 3. The normalized spacial score (nSPS) is 19.5. The molecule has 2 heterocycles. The molecule has 1 amide bonds. The van der Waals surface area contributed by atoms with Crippen molar-refractivity contribution in [2.24, 2.45) is 5.92 Å². The number of amides is 1. The van der Waals surface area contributed by atoms with Crippen molar-refractivity contribution in [2.45, 2.75) is 32.7 Å². The van der Waals surface area contributed by atoms with Crippen LogP contribution in [0.2, 0.25) is 0 Å². The summed E-state index contributed by atoms with van der Waals surface area (Å²) in [4.78, 5) is 15.9. The molecule has 18 heavy (non-hydrogen) atoms. The van der Waals surface area contributed by atoms with E-state index in [1.54, 1.807) is 6.20 Å². The summed E-state index contributed by atoms with van der Waals surface area (Å²) in [6, 6.07) is 1.96. The number of nitrogens with one attached hydrogen (secondary N) is 2. The van der Waals surface area contributed by atoms with E-state index in [1.165, 1.54) is 6.42 Å². The van der Waals surface area contributed by atoms with E-state index in [-0.39, 0.29) is 5.91 Å². The number of piperidine rings is 1. The lowest BCUT2D eigenvalue weighted by Gasteiger charge is -2.22. The lowest BCUT2D eigenvalue weighted by atomic mass is 9.96. The third-order valence-corrected chi connectivity index (χ3v) is 3.49. The summed E-state index contributed by atoms with van der Waals surface area (Å²) in [5.41, 5.74) is 2.26. The zero-order valence-electron chi connectivity index (χ0n) is 10.9. The third kappa shape index (κ3) is 3.81. The average molecular weight is 247 g/mol. The molecule has 4 nitrogen and oxygen atoms in total. The number of nitrogens with zero attached hydrogens (tertiary/aromatic N) is 1. The quantitative estimate of drug-likeness (QED) is 0.845. The molecule has 4 heteroatoms. The van der Waals surface area contributed by atoms with E-state index in [0.29, 0.717) is 18.9 Å². The minimum atomic E-state index is 0.153. The van der Waals surface area contributed by atoms with Crippen molar-refractivity contribution in [3.05, 3.63) is 29.6 Å². The zero-order valence-corrected chi connectivity index (χ0v) is 10.9. The van der Waals surface area contributed by atoms with E-state index in [0.717, 1.165) is 30.6 Å². The smallest absolute Gasteiger partial charge is 0.220 e. The first-order valence-electron chi connectivity index (χ1n) is 6.62. The van der Waals surface area contributed by atoms with Gasteiger partial charge in [0, 0.05) is 25.4 Å². The van der Waals surface area contributed by atoms with Crippen molar-refractivity contribution < 1.29 is 4.79 Å². The van der Waals surface area contributed by atoms with Gasteiger partial charge in [-0.1, -0.05) is 0 Å². The molecular formula is C14H21N3O. The fourth-order valence-electron chi connectivity index (χ4n) is 2.33. The van der Waals surface area contributed by atoms with Crippen molar-refractivity contribution in [3.8, 4) is 0 Å². The Hall–Kier alpha value is -1.42. The van der Waals surface area contributed by atoms with Crippen LogP contribution in [0.15, 0.2) is 18.5 Å². The van der Waals surface area contributed by atoms with Crippen LogP contribution in [-0.2, 0) is 11.3 Å². The van der Waals surface area contributed by atoms with Crippen LogP contribution in [0.5, 0.6) is 0 Å². The molecule has 0 radical (unpaired) electrons. The lowest BCUT2D eigenvalue weighted by Crippen LogP contribution is -2.34. The predicted octanol–water partition coefficient (Wildman–Crippen LogP) is 1.40. The maximum atomic E-state index is 11.8. The minimum Gasteiger partial charge on any atom is -0.352 e. The van der Waals surface area contributed by atoms with Gasteiger partial charge in [0.2, 0.25) is 5.91 Å². The van der Waals surface area contributed by atoms with Gasteiger partial charge in [-0.15, -0.1) is 0 Å². The van der Waals surface area contributed by atoms with E-state index in [9.17, 15) is 4.79 Å². The molecule has 1 fully saturated rings. The molecule has 1 atom stereocenters. The van der Waals surface area contributed by atoms with Crippen molar-refractivity contribution in [1.82, 2.24) is 15.6 Å². The molecule has 2 rings (SSSR count). The van der Waals surface area contributed by atoms with Gasteiger partial charge >= 0.3 is 0 Å². The molecule has 98 valence electrons. The van der Waals surface area contributed by atoms with Gasteiger partial charge in [0.1, 0.15) is 0 Å². The van der Waals surface area contributed by atoms with E-state index >= 15 is 0 Å². The molecule has 0 aromatic carbocycles. The van der Waals surface area contributed by atoms with Gasteiger partial charge in [-0.2, -0.15) is 0 Å². The van der Waals surface area contributed by atoms with Crippen LogP contribution in [-0.4, -0.2) is 24.0 Å². The van der Waals surface area contributed by atoms with Gasteiger partial charge in [-0.25, -0.2) is 0 Å². The second-order valence-electron chi connectivity index (χ2n) is 5.00. The number of carbonyl (C=O) groups is 1. The van der Waals surface area contributed by atoms with Gasteiger partial charge in [0.25, 0.3) is 0 Å². The Morgan fingerprint density at radius 2 is 2.50 bits per heavy atom. The second kappa shape index (κ2) is 6.50. The molecule has 1 aliphatic heterocycles. The topological polar surface area (TPSA) is 54.0 Å². The summed E-state index contributed by atoms with van der Waals surface area (Å²) in [7, 11) is 0. The van der Waals surface area contributed by atoms with Gasteiger partial charge in [-0.05, 0) is 56.0 Å². The minimum absolute atomic E-state index is 0.153. The van der Waals surface area contributed by atoms with Crippen LogP contribution in [0.25, 0.3) is 0 Å². The van der Waals surface area contributed by atoms with E-state index in [2.05, 4.69) is 15.6 Å². The van der Waals surface area contributed by atoms with Crippen LogP contribution in [0.3, 0.4) is 0 Å². The zero-order chi connectivity index (χ0) is 12.8. The van der Waals surface area contributed by atoms with Crippen molar-refractivity contribution >= 4 is 5.91 Å². The van der Waals surface area contributed by atoms with Gasteiger partial charge in [0.15, 0.2) is 0 Å². The molecule has 1 unspecified atom stereocenters. The molecule has 1 aromatic rings. The predicted molar refractivity (Wildman–Crippen MR) is 71.0 cm³/mol.